The van der Waals surface area contributed by atoms with E-state index < -0.39 is 0 Å². The van der Waals surface area contributed by atoms with Gasteiger partial charge in [-0.2, -0.15) is 0 Å². The molecule has 0 saturated carbocycles. The highest BCUT2D eigenvalue weighted by Gasteiger charge is 2.29. The number of rotatable bonds is 4. The van der Waals surface area contributed by atoms with E-state index >= 15 is 0 Å². The maximum Gasteiger partial charge on any atom is 0.118 e. The molecule has 2 heterocycles. The average Bonchev–Trinajstić information content (AvgIpc) is 2.97. The number of piperidine rings is 1. The fraction of sp³-hybridized carbons (Fsp3) is 0.647. The Morgan fingerprint density at radius 3 is 2.48 bits per heavy atom. The summed E-state index contributed by atoms with van der Waals surface area (Å²) in [5.41, 5.74) is 7.37. The molecule has 1 aromatic carbocycles. The van der Waals surface area contributed by atoms with Gasteiger partial charge in [0.2, 0.25) is 0 Å². The van der Waals surface area contributed by atoms with E-state index in [2.05, 4.69) is 34.1 Å². The van der Waals surface area contributed by atoms with E-state index in [1.807, 2.05) is 0 Å². The third kappa shape index (κ3) is 3.76. The van der Waals surface area contributed by atoms with Crippen molar-refractivity contribution in [1.29, 1.82) is 0 Å². The van der Waals surface area contributed by atoms with Gasteiger partial charge in [0.1, 0.15) is 5.75 Å². The van der Waals surface area contributed by atoms with E-state index in [0.717, 1.165) is 31.2 Å². The van der Waals surface area contributed by atoms with Gasteiger partial charge in [0.25, 0.3) is 0 Å². The molecule has 0 aliphatic carbocycles. The SMILES string of the molecule is COc1ccc(CN2CCC(N3CCC(N)CC3)C2)cc1. The first-order chi connectivity index (χ1) is 10.2. The number of benzene rings is 1. The van der Waals surface area contributed by atoms with Gasteiger partial charge in [-0.25, -0.2) is 0 Å². The van der Waals surface area contributed by atoms with Gasteiger partial charge in [-0.3, -0.25) is 9.80 Å². The number of nitrogens with two attached hydrogens (primary N) is 1. The number of hydrogen-bond acceptors (Lipinski definition) is 4. The minimum absolute atomic E-state index is 0.429. The van der Waals surface area contributed by atoms with Gasteiger partial charge >= 0.3 is 0 Å². The zero-order valence-corrected chi connectivity index (χ0v) is 13.0. The van der Waals surface area contributed by atoms with Crippen molar-refractivity contribution in [2.24, 2.45) is 5.73 Å². The molecule has 0 spiro atoms. The molecular formula is C17H27N3O. The summed E-state index contributed by atoms with van der Waals surface area (Å²) in [5, 5.41) is 0. The summed E-state index contributed by atoms with van der Waals surface area (Å²) in [6, 6.07) is 9.61. The minimum Gasteiger partial charge on any atom is -0.497 e. The van der Waals surface area contributed by atoms with Crippen molar-refractivity contribution in [2.75, 3.05) is 33.3 Å². The topological polar surface area (TPSA) is 41.7 Å². The van der Waals surface area contributed by atoms with Crippen molar-refractivity contribution >= 4 is 0 Å². The molecule has 4 nitrogen and oxygen atoms in total. The van der Waals surface area contributed by atoms with E-state index in [-0.39, 0.29) is 0 Å². The molecule has 2 N–H and O–H groups in total. The van der Waals surface area contributed by atoms with Crippen molar-refractivity contribution in [3.63, 3.8) is 0 Å². The van der Waals surface area contributed by atoms with Crippen molar-refractivity contribution in [3.8, 4) is 5.75 Å². The Hall–Kier alpha value is -1.10. The first-order valence-electron chi connectivity index (χ1n) is 8.09. The quantitative estimate of drug-likeness (QED) is 0.916. The second-order valence-corrected chi connectivity index (χ2v) is 6.40. The lowest BCUT2D eigenvalue weighted by molar-refractivity contribution is 0.151. The number of likely N-dealkylation sites (tertiary alicyclic amines) is 2. The molecule has 2 saturated heterocycles. The molecule has 0 radical (unpaired) electrons. The lowest BCUT2D eigenvalue weighted by atomic mass is 10.0. The zero-order chi connectivity index (χ0) is 14.7. The zero-order valence-electron chi connectivity index (χ0n) is 13.0. The van der Waals surface area contributed by atoms with Crippen LogP contribution in [0.25, 0.3) is 0 Å². The molecule has 116 valence electrons. The van der Waals surface area contributed by atoms with Crippen LogP contribution in [0.3, 0.4) is 0 Å². The summed E-state index contributed by atoms with van der Waals surface area (Å²) in [6.07, 6.45) is 3.62. The molecule has 1 atom stereocenters. The second kappa shape index (κ2) is 6.77. The van der Waals surface area contributed by atoms with Crippen molar-refractivity contribution < 1.29 is 4.74 Å². The highest BCUT2D eigenvalue weighted by Crippen LogP contribution is 2.22. The van der Waals surface area contributed by atoms with E-state index in [0.29, 0.717) is 6.04 Å². The van der Waals surface area contributed by atoms with Crippen molar-refractivity contribution in [2.45, 2.75) is 37.9 Å². The summed E-state index contributed by atoms with van der Waals surface area (Å²) in [5.74, 6) is 0.933. The fourth-order valence-electron chi connectivity index (χ4n) is 3.53. The Morgan fingerprint density at radius 2 is 1.81 bits per heavy atom. The van der Waals surface area contributed by atoms with Crippen LogP contribution in [0.5, 0.6) is 5.75 Å². The van der Waals surface area contributed by atoms with Gasteiger partial charge in [0, 0.05) is 31.7 Å². The summed E-state index contributed by atoms with van der Waals surface area (Å²) in [6.45, 7) is 5.82. The summed E-state index contributed by atoms with van der Waals surface area (Å²) in [4.78, 5) is 5.22. The molecule has 0 aromatic heterocycles. The number of nitrogens with zero attached hydrogens (tertiary/aromatic N) is 2. The third-order valence-corrected chi connectivity index (χ3v) is 4.90. The standard InChI is InChI=1S/C17H27N3O/c1-21-17-4-2-14(3-5-17)12-19-9-8-16(13-19)20-10-6-15(18)7-11-20/h2-5,15-16H,6-13,18H2,1H3. The Balaban J connectivity index is 1.50. The molecule has 21 heavy (non-hydrogen) atoms. The molecule has 2 aliphatic heterocycles. The maximum atomic E-state index is 6.00. The van der Waals surface area contributed by atoms with Crippen LogP contribution in [0, 0.1) is 0 Å². The van der Waals surface area contributed by atoms with Gasteiger partial charge in [0.05, 0.1) is 7.11 Å². The monoisotopic (exact) mass is 289 g/mol. The Kier molecular flexibility index (Phi) is 4.78. The molecule has 1 aromatic rings. The van der Waals surface area contributed by atoms with Crippen LogP contribution in [0.2, 0.25) is 0 Å². The molecule has 0 bridgehead atoms. The first kappa shape index (κ1) is 14.8. The van der Waals surface area contributed by atoms with E-state index in [1.54, 1.807) is 7.11 Å². The predicted octanol–water partition coefficient (Wildman–Crippen LogP) is 1.69. The number of hydrogen-bond donors (Lipinski definition) is 1. The Labute approximate surface area is 127 Å². The van der Waals surface area contributed by atoms with Gasteiger partial charge in [-0.15, -0.1) is 0 Å². The van der Waals surface area contributed by atoms with E-state index in [4.69, 9.17) is 10.5 Å². The number of ether oxygens (including phenoxy) is 1. The van der Waals surface area contributed by atoms with Crippen LogP contribution in [0.1, 0.15) is 24.8 Å². The van der Waals surface area contributed by atoms with Crippen LogP contribution >= 0.6 is 0 Å². The number of methoxy groups -OCH3 is 1. The van der Waals surface area contributed by atoms with Gasteiger partial charge in [-0.05, 0) is 50.0 Å². The smallest absolute Gasteiger partial charge is 0.118 e. The largest absolute Gasteiger partial charge is 0.497 e. The molecule has 4 heteroatoms. The summed E-state index contributed by atoms with van der Waals surface area (Å²) < 4.78 is 5.21. The highest BCUT2D eigenvalue weighted by atomic mass is 16.5. The predicted molar refractivity (Wildman–Crippen MR) is 85.5 cm³/mol. The average molecular weight is 289 g/mol. The fourth-order valence-corrected chi connectivity index (χ4v) is 3.53. The lowest BCUT2D eigenvalue weighted by Gasteiger charge is -2.34. The molecule has 2 fully saturated rings. The molecular weight excluding hydrogens is 262 g/mol. The maximum absolute atomic E-state index is 6.00. The van der Waals surface area contributed by atoms with Crippen LogP contribution in [0.4, 0.5) is 0 Å². The molecule has 2 aliphatic rings. The Morgan fingerprint density at radius 1 is 1.10 bits per heavy atom. The summed E-state index contributed by atoms with van der Waals surface area (Å²) in [7, 11) is 1.71. The van der Waals surface area contributed by atoms with Crippen LogP contribution in [-0.2, 0) is 6.54 Å². The van der Waals surface area contributed by atoms with Gasteiger partial charge in [-0.1, -0.05) is 12.1 Å². The van der Waals surface area contributed by atoms with E-state index in [9.17, 15) is 0 Å². The highest BCUT2D eigenvalue weighted by molar-refractivity contribution is 5.27. The van der Waals surface area contributed by atoms with Crippen molar-refractivity contribution in [3.05, 3.63) is 29.8 Å². The first-order valence-corrected chi connectivity index (χ1v) is 8.09. The second-order valence-electron chi connectivity index (χ2n) is 6.40. The normalized spacial score (nSPS) is 25.3. The Bertz CT molecular complexity index is 440. The van der Waals surface area contributed by atoms with Crippen LogP contribution in [0.15, 0.2) is 24.3 Å². The summed E-state index contributed by atoms with van der Waals surface area (Å²) >= 11 is 0. The third-order valence-electron chi connectivity index (χ3n) is 4.90. The lowest BCUT2D eigenvalue weighted by Crippen LogP contribution is -2.46. The van der Waals surface area contributed by atoms with Crippen molar-refractivity contribution in [1.82, 2.24) is 9.80 Å². The van der Waals surface area contributed by atoms with Crippen LogP contribution in [-0.4, -0.2) is 55.2 Å². The molecule has 0 amide bonds. The van der Waals surface area contributed by atoms with Crippen LogP contribution < -0.4 is 10.5 Å². The van der Waals surface area contributed by atoms with Gasteiger partial charge in [0.15, 0.2) is 0 Å². The molecule has 1 unspecified atom stereocenters. The van der Waals surface area contributed by atoms with E-state index in [1.165, 1.54) is 38.2 Å². The van der Waals surface area contributed by atoms with Gasteiger partial charge < -0.3 is 10.5 Å². The molecule has 3 rings (SSSR count). The minimum atomic E-state index is 0.429.